The van der Waals surface area contributed by atoms with Crippen LogP contribution in [-0.4, -0.2) is 42.9 Å². The second-order valence-electron chi connectivity index (χ2n) is 5.69. The molecule has 1 amide bonds. The number of aromatic nitrogens is 1. The molecule has 1 saturated heterocycles. The highest BCUT2D eigenvalue weighted by Crippen LogP contribution is 2.23. The number of pyridine rings is 1. The molecule has 1 aliphatic heterocycles. The number of hydrogen-bond donors (Lipinski definition) is 2. The zero-order valence-corrected chi connectivity index (χ0v) is 13.2. The summed E-state index contributed by atoms with van der Waals surface area (Å²) in [5.74, 6) is 0.415. The van der Waals surface area contributed by atoms with E-state index in [9.17, 15) is 13.2 Å². The van der Waals surface area contributed by atoms with E-state index in [4.69, 9.17) is 0 Å². The molecule has 0 bridgehead atoms. The van der Waals surface area contributed by atoms with Gasteiger partial charge in [-0.2, -0.15) is 0 Å². The first-order valence-electron chi connectivity index (χ1n) is 7.07. The third-order valence-corrected chi connectivity index (χ3v) is 5.36. The minimum atomic E-state index is -3.05. The molecule has 0 saturated carbocycles. The number of anilines is 1. The van der Waals surface area contributed by atoms with Crippen LogP contribution in [0.4, 0.5) is 5.82 Å². The summed E-state index contributed by atoms with van der Waals surface area (Å²) >= 11 is 0. The normalized spacial score (nSPS) is 23.7. The van der Waals surface area contributed by atoms with Gasteiger partial charge in [0, 0.05) is 6.54 Å². The standard InChI is InChI=1S/C14H21N3O3S/c1-3-8-15-12-6-4-5-11(16-12)13(18)17-14(2)7-9-21(19,20)10-14/h4-6H,3,7-10H2,1-2H3,(H,15,16)(H,17,18). The average molecular weight is 311 g/mol. The van der Waals surface area contributed by atoms with Crippen LogP contribution in [0.15, 0.2) is 18.2 Å². The van der Waals surface area contributed by atoms with Gasteiger partial charge in [0.2, 0.25) is 0 Å². The van der Waals surface area contributed by atoms with Crippen molar-refractivity contribution in [2.45, 2.75) is 32.2 Å². The van der Waals surface area contributed by atoms with E-state index in [1.165, 1.54) is 0 Å². The first-order valence-corrected chi connectivity index (χ1v) is 8.90. The predicted molar refractivity (Wildman–Crippen MR) is 82.2 cm³/mol. The van der Waals surface area contributed by atoms with Gasteiger partial charge < -0.3 is 10.6 Å². The molecule has 0 aromatic carbocycles. The number of carbonyl (C=O) groups excluding carboxylic acids is 1. The number of sulfone groups is 1. The minimum Gasteiger partial charge on any atom is -0.370 e. The van der Waals surface area contributed by atoms with Gasteiger partial charge in [0.15, 0.2) is 9.84 Å². The van der Waals surface area contributed by atoms with Crippen molar-refractivity contribution in [3.63, 3.8) is 0 Å². The minimum absolute atomic E-state index is 0.0144. The quantitative estimate of drug-likeness (QED) is 0.853. The van der Waals surface area contributed by atoms with Gasteiger partial charge in [-0.05, 0) is 31.9 Å². The Labute approximate surface area is 125 Å². The topological polar surface area (TPSA) is 88.2 Å². The summed E-state index contributed by atoms with van der Waals surface area (Å²) in [4.78, 5) is 16.5. The van der Waals surface area contributed by atoms with Gasteiger partial charge in [0.1, 0.15) is 11.5 Å². The maximum Gasteiger partial charge on any atom is 0.270 e. The summed E-state index contributed by atoms with van der Waals surface area (Å²) in [7, 11) is -3.05. The van der Waals surface area contributed by atoms with Crippen LogP contribution in [0.25, 0.3) is 0 Å². The molecule has 0 aliphatic carbocycles. The third kappa shape index (κ3) is 4.17. The van der Waals surface area contributed by atoms with Gasteiger partial charge in [-0.3, -0.25) is 4.79 Å². The van der Waals surface area contributed by atoms with Crippen molar-refractivity contribution in [1.82, 2.24) is 10.3 Å². The highest BCUT2D eigenvalue weighted by atomic mass is 32.2. The molecule has 0 radical (unpaired) electrons. The van der Waals surface area contributed by atoms with E-state index in [-0.39, 0.29) is 17.4 Å². The number of nitrogens with zero attached hydrogens (tertiary/aromatic N) is 1. The van der Waals surface area contributed by atoms with Crippen molar-refractivity contribution < 1.29 is 13.2 Å². The summed E-state index contributed by atoms with van der Waals surface area (Å²) in [6, 6.07) is 5.18. The lowest BCUT2D eigenvalue weighted by Gasteiger charge is -2.23. The second-order valence-corrected chi connectivity index (χ2v) is 7.88. The second kappa shape index (κ2) is 6.01. The van der Waals surface area contributed by atoms with Crippen LogP contribution in [0.5, 0.6) is 0 Å². The maximum atomic E-state index is 12.2. The molecule has 1 aromatic rings. The van der Waals surface area contributed by atoms with E-state index in [2.05, 4.69) is 15.6 Å². The van der Waals surface area contributed by atoms with E-state index in [1.54, 1.807) is 25.1 Å². The van der Waals surface area contributed by atoms with E-state index in [0.717, 1.165) is 13.0 Å². The van der Waals surface area contributed by atoms with E-state index in [1.807, 2.05) is 6.92 Å². The first-order chi connectivity index (χ1) is 9.84. The van der Waals surface area contributed by atoms with Crippen LogP contribution < -0.4 is 10.6 Å². The average Bonchev–Trinajstić information content (AvgIpc) is 2.70. The Morgan fingerprint density at radius 2 is 2.19 bits per heavy atom. The predicted octanol–water partition coefficient (Wildman–Crippen LogP) is 1.21. The molecule has 7 heteroatoms. The third-order valence-electron chi connectivity index (χ3n) is 3.46. The number of hydrogen-bond acceptors (Lipinski definition) is 5. The summed E-state index contributed by atoms with van der Waals surface area (Å²) in [6.45, 7) is 4.59. The Morgan fingerprint density at radius 3 is 2.81 bits per heavy atom. The van der Waals surface area contributed by atoms with Crippen LogP contribution in [0, 0.1) is 0 Å². The number of rotatable bonds is 5. The molecule has 1 fully saturated rings. The largest absolute Gasteiger partial charge is 0.370 e. The summed E-state index contributed by atoms with van der Waals surface area (Å²) in [5, 5.41) is 5.92. The Hall–Kier alpha value is -1.63. The van der Waals surface area contributed by atoms with Gasteiger partial charge in [0.05, 0.1) is 17.0 Å². The van der Waals surface area contributed by atoms with Gasteiger partial charge in [-0.25, -0.2) is 13.4 Å². The molecule has 6 nitrogen and oxygen atoms in total. The molecule has 1 unspecified atom stereocenters. The van der Waals surface area contributed by atoms with Crippen LogP contribution in [0.1, 0.15) is 37.2 Å². The van der Waals surface area contributed by atoms with Crippen molar-refractivity contribution in [3.05, 3.63) is 23.9 Å². The molecule has 1 atom stereocenters. The molecular weight excluding hydrogens is 290 g/mol. The van der Waals surface area contributed by atoms with Gasteiger partial charge >= 0.3 is 0 Å². The van der Waals surface area contributed by atoms with Crippen LogP contribution in [0.2, 0.25) is 0 Å². The lowest BCUT2D eigenvalue weighted by atomic mass is 10.0. The van der Waals surface area contributed by atoms with Crippen molar-refractivity contribution in [3.8, 4) is 0 Å². The van der Waals surface area contributed by atoms with Gasteiger partial charge in [-0.15, -0.1) is 0 Å². The molecule has 116 valence electrons. The number of carbonyl (C=O) groups is 1. The van der Waals surface area contributed by atoms with Crippen molar-refractivity contribution in [2.24, 2.45) is 0 Å². The zero-order chi connectivity index (χ0) is 15.5. The maximum absolute atomic E-state index is 12.2. The fourth-order valence-corrected chi connectivity index (χ4v) is 4.45. The lowest BCUT2D eigenvalue weighted by Crippen LogP contribution is -2.47. The number of amides is 1. The van der Waals surface area contributed by atoms with E-state index in [0.29, 0.717) is 17.9 Å². The van der Waals surface area contributed by atoms with Crippen molar-refractivity contribution in [1.29, 1.82) is 0 Å². The highest BCUT2D eigenvalue weighted by Gasteiger charge is 2.39. The lowest BCUT2D eigenvalue weighted by molar-refractivity contribution is 0.0910. The van der Waals surface area contributed by atoms with Crippen LogP contribution in [-0.2, 0) is 9.84 Å². The summed E-state index contributed by atoms with van der Waals surface area (Å²) < 4.78 is 23.1. The Kier molecular flexibility index (Phi) is 4.51. The van der Waals surface area contributed by atoms with E-state index >= 15 is 0 Å². The Bertz CT molecular complexity index is 630. The first kappa shape index (κ1) is 15.8. The molecule has 21 heavy (non-hydrogen) atoms. The molecule has 1 aromatic heterocycles. The molecule has 2 rings (SSSR count). The van der Waals surface area contributed by atoms with Crippen molar-refractivity contribution in [2.75, 3.05) is 23.4 Å². The van der Waals surface area contributed by atoms with Gasteiger partial charge in [-0.1, -0.05) is 13.0 Å². The Morgan fingerprint density at radius 1 is 1.43 bits per heavy atom. The van der Waals surface area contributed by atoms with Crippen LogP contribution in [0.3, 0.4) is 0 Å². The summed E-state index contributed by atoms with van der Waals surface area (Å²) in [5.41, 5.74) is -0.411. The van der Waals surface area contributed by atoms with Crippen molar-refractivity contribution >= 4 is 21.6 Å². The fraction of sp³-hybridized carbons (Fsp3) is 0.571. The monoisotopic (exact) mass is 311 g/mol. The molecule has 0 spiro atoms. The van der Waals surface area contributed by atoms with E-state index < -0.39 is 15.4 Å². The Balaban J connectivity index is 2.07. The molecule has 2 heterocycles. The molecule has 2 N–H and O–H groups in total. The van der Waals surface area contributed by atoms with Crippen LogP contribution >= 0.6 is 0 Å². The smallest absolute Gasteiger partial charge is 0.270 e. The molecule has 1 aliphatic rings. The SMILES string of the molecule is CCCNc1cccc(C(=O)NC2(C)CCS(=O)(=O)C2)n1. The fourth-order valence-electron chi connectivity index (χ4n) is 2.36. The zero-order valence-electron chi connectivity index (χ0n) is 12.3. The number of nitrogens with one attached hydrogen (secondary N) is 2. The molecular formula is C14H21N3O3S. The summed E-state index contributed by atoms with van der Waals surface area (Å²) in [6.07, 6.45) is 1.41. The highest BCUT2D eigenvalue weighted by molar-refractivity contribution is 7.91. The van der Waals surface area contributed by atoms with Gasteiger partial charge in [0.25, 0.3) is 5.91 Å².